The third-order valence-electron chi connectivity index (χ3n) is 6.28. The van der Waals surface area contributed by atoms with Gasteiger partial charge in [-0.3, -0.25) is 9.48 Å². The van der Waals surface area contributed by atoms with Crippen molar-refractivity contribution in [3.8, 4) is 0 Å². The lowest BCUT2D eigenvalue weighted by Gasteiger charge is -2.13. The highest BCUT2D eigenvalue weighted by molar-refractivity contribution is 7.99. The summed E-state index contributed by atoms with van der Waals surface area (Å²) in [5.41, 5.74) is 2.78. The van der Waals surface area contributed by atoms with Crippen LogP contribution in [0.25, 0.3) is 10.9 Å². The molecule has 38 heavy (non-hydrogen) atoms. The van der Waals surface area contributed by atoms with Crippen LogP contribution in [-0.4, -0.2) is 38.2 Å². The lowest BCUT2D eigenvalue weighted by atomic mass is 10.1. The fourth-order valence-corrected chi connectivity index (χ4v) is 5.18. The average molecular weight is 545 g/mol. The largest absolute Gasteiger partial charge is 0.433 e. The molecule has 1 saturated carbocycles. The number of aliphatic hydroxyl groups excluding tert-OH is 1. The van der Waals surface area contributed by atoms with Crippen molar-refractivity contribution in [2.45, 2.75) is 56.9 Å². The second kappa shape index (κ2) is 11.7. The van der Waals surface area contributed by atoms with Gasteiger partial charge in [0.1, 0.15) is 5.69 Å². The van der Waals surface area contributed by atoms with Crippen LogP contribution in [-0.2, 0) is 19.3 Å². The molecule has 1 amide bonds. The van der Waals surface area contributed by atoms with Crippen molar-refractivity contribution >= 4 is 28.6 Å². The maximum absolute atomic E-state index is 13.5. The average Bonchev–Trinajstić information content (AvgIpc) is 3.56. The van der Waals surface area contributed by atoms with Crippen molar-refractivity contribution in [3.63, 3.8) is 0 Å². The molecule has 202 valence electrons. The smallest absolute Gasteiger partial charge is 0.400 e. The van der Waals surface area contributed by atoms with Crippen LogP contribution in [0.2, 0.25) is 0 Å². The van der Waals surface area contributed by atoms with Gasteiger partial charge in [0, 0.05) is 46.8 Å². The Labute approximate surface area is 223 Å². The highest BCUT2D eigenvalue weighted by Crippen LogP contribution is 2.40. The molecule has 0 saturated heterocycles. The molecule has 2 aromatic carbocycles. The first kappa shape index (κ1) is 27.8. The number of thioether (sulfide) groups is 1. The first-order chi connectivity index (χ1) is 18.2. The van der Waals surface area contributed by atoms with Gasteiger partial charge in [-0.05, 0) is 73.5 Å². The summed E-state index contributed by atoms with van der Waals surface area (Å²) >= 11 is 1.77. The predicted molar refractivity (Wildman–Crippen MR) is 143 cm³/mol. The molecule has 2 N–H and O–H groups in total. The number of carbonyl (C=O) groups excluding carboxylic acids is 1. The number of hydrogen-bond donors (Lipinski definition) is 2. The summed E-state index contributed by atoms with van der Waals surface area (Å²) < 4.78 is 43.7. The van der Waals surface area contributed by atoms with Gasteiger partial charge in [0.15, 0.2) is 0 Å². The van der Waals surface area contributed by atoms with Crippen LogP contribution in [0.4, 0.5) is 13.2 Å². The lowest BCUT2D eigenvalue weighted by molar-refractivity contribution is -0.144. The summed E-state index contributed by atoms with van der Waals surface area (Å²) in [6, 6.07) is 16.8. The second-order valence-corrected chi connectivity index (χ2v) is 10.4. The van der Waals surface area contributed by atoms with Crippen LogP contribution in [0.1, 0.15) is 58.8 Å². The Kier molecular flexibility index (Phi) is 8.52. The van der Waals surface area contributed by atoms with E-state index in [0.29, 0.717) is 17.8 Å². The first-order valence-electron chi connectivity index (χ1n) is 12.4. The highest BCUT2D eigenvalue weighted by atomic mass is 32.2. The van der Waals surface area contributed by atoms with E-state index >= 15 is 0 Å². The first-order valence-corrected chi connectivity index (χ1v) is 13.4. The summed E-state index contributed by atoms with van der Waals surface area (Å²) in [7, 11) is 1.00. The molecule has 10 heteroatoms. The molecule has 2 heterocycles. The number of nitrogens with zero attached hydrogens (tertiary/aromatic N) is 3. The zero-order valence-electron chi connectivity index (χ0n) is 21.5. The van der Waals surface area contributed by atoms with Crippen LogP contribution < -0.4 is 5.32 Å². The molecular formula is C28H31F3N4O2S. The maximum Gasteiger partial charge on any atom is 0.433 e. The van der Waals surface area contributed by atoms with Crippen LogP contribution in [0, 0.1) is 6.92 Å². The Bertz CT molecular complexity index is 1410. The van der Waals surface area contributed by atoms with Crippen molar-refractivity contribution < 1.29 is 23.1 Å². The fraction of sp³-hybridized carbons (Fsp3) is 0.357. The molecule has 2 aromatic heterocycles. The van der Waals surface area contributed by atoms with Crippen LogP contribution in [0.15, 0.2) is 59.5 Å². The third kappa shape index (κ3) is 6.24. The van der Waals surface area contributed by atoms with Gasteiger partial charge < -0.3 is 15.0 Å². The van der Waals surface area contributed by atoms with E-state index in [9.17, 15) is 18.0 Å². The van der Waals surface area contributed by atoms with E-state index in [-0.39, 0.29) is 18.5 Å². The monoisotopic (exact) mass is 544 g/mol. The zero-order chi connectivity index (χ0) is 27.4. The Morgan fingerprint density at radius 1 is 1.11 bits per heavy atom. The minimum atomic E-state index is -4.47. The van der Waals surface area contributed by atoms with Gasteiger partial charge in [-0.25, -0.2) is 0 Å². The molecule has 1 aliphatic carbocycles. The van der Waals surface area contributed by atoms with Gasteiger partial charge in [-0.15, -0.1) is 11.8 Å². The number of aryl methyl sites for hydroxylation is 1. The molecule has 5 rings (SSSR count). The molecule has 0 unspecified atom stereocenters. The number of alkyl halides is 3. The van der Waals surface area contributed by atoms with Gasteiger partial charge in [-0.1, -0.05) is 19.1 Å². The van der Waals surface area contributed by atoms with Crippen molar-refractivity contribution in [3.05, 3.63) is 82.8 Å². The van der Waals surface area contributed by atoms with Gasteiger partial charge in [-0.2, -0.15) is 18.3 Å². The Morgan fingerprint density at radius 3 is 2.45 bits per heavy atom. The third-order valence-corrected chi connectivity index (χ3v) is 7.18. The highest BCUT2D eigenvalue weighted by Gasteiger charge is 2.36. The van der Waals surface area contributed by atoms with E-state index in [0.717, 1.165) is 58.6 Å². The predicted octanol–water partition coefficient (Wildman–Crippen LogP) is 6.20. The van der Waals surface area contributed by atoms with Crippen molar-refractivity contribution in [1.29, 1.82) is 0 Å². The Morgan fingerprint density at radius 2 is 1.82 bits per heavy atom. The maximum atomic E-state index is 13.5. The van der Waals surface area contributed by atoms with Gasteiger partial charge >= 0.3 is 6.18 Å². The van der Waals surface area contributed by atoms with E-state index in [2.05, 4.69) is 34.0 Å². The summed E-state index contributed by atoms with van der Waals surface area (Å²) in [5, 5.41) is 14.9. The standard InChI is InChI=1S/C27H27F3N4OS.CH4O/c1-3-36-23-9-4-18(5-10-23)15-31-26(35)19-6-11-24-20(13-19)14-22(34(24)21-7-8-21)16-33-25(27(28,29)30)12-17(2)32-33;1-2/h4-6,9-14,21H,3,7-8,15-16H2,1-2H3,(H,31,35);2H,1H3. The van der Waals surface area contributed by atoms with Crippen LogP contribution >= 0.6 is 11.8 Å². The molecule has 4 aromatic rings. The molecular weight excluding hydrogens is 513 g/mol. The second-order valence-electron chi connectivity index (χ2n) is 9.10. The lowest BCUT2D eigenvalue weighted by Crippen LogP contribution is -2.22. The Hall–Kier alpha value is -3.24. The summed E-state index contributed by atoms with van der Waals surface area (Å²) in [6.45, 7) is 4.10. The molecule has 1 fully saturated rings. The fourth-order valence-electron chi connectivity index (χ4n) is 4.52. The van der Waals surface area contributed by atoms with E-state index in [4.69, 9.17) is 5.11 Å². The number of fused-ring (bicyclic) bond motifs is 1. The van der Waals surface area contributed by atoms with Crippen LogP contribution in [0.3, 0.4) is 0 Å². The molecule has 1 aliphatic rings. The Balaban J connectivity index is 0.00000164. The summed E-state index contributed by atoms with van der Waals surface area (Å²) in [5.74, 6) is 0.820. The van der Waals surface area contributed by atoms with Gasteiger partial charge in [0.2, 0.25) is 0 Å². The molecule has 0 spiro atoms. The number of benzene rings is 2. The zero-order valence-corrected chi connectivity index (χ0v) is 22.4. The van der Waals surface area contributed by atoms with E-state index in [1.807, 2.05) is 30.3 Å². The van der Waals surface area contributed by atoms with Gasteiger partial charge in [0.25, 0.3) is 5.91 Å². The van der Waals surface area contributed by atoms with Crippen molar-refractivity contribution in [1.82, 2.24) is 19.7 Å². The number of nitrogens with one attached hydrogen (secondary N) is 1. The minimum absolute atomic E-state index is 0.0156. The number of rotatable bonds is 8. The number of carbonyl (C=O) groups is 1. The number of hydrogen-bond acceptors (Lipinski definition) is 4. The summed E-state index contributed by atoms with van der Waals surface area (Å²) in [6.07, 6.45) is -2.50. The van der Waals surface area contributed by atoms with E-state index < -0.39 is 11.9 Å². The molecule has 6 nitrogen and oxygen atoms in total. The quantitative estimate of drug-likeness (QED) is 0.259. The molecule has 0 aliphatic heterocycles. The number of aromatic nitrogens is 3. The van der Waals surface area contributed by atoms with Crippen molar-refractivity contribution in [2.75, 3.05) is 12.9 Å². The molecule has 0 bridgehead atoms. The molecule has 0 radical (unpaired) electrons. The SMILES string of the molecule is CCSc1ccc(CNC(=O)c2ccc3c(c2)cc(Cn2nc(C)cc2C(F)(F)F)n3C2CC2)cc1.CO. The van der Waals surface area contributed by atoms with Crippen molar-refractivity contribution in [2.24, 2.45) is 0 Å². The van der Waals surface area contributed by atoms with Crippen LogP contribution in [0.5, 0.6) is 0 Å². The minimum Gasteiger partial charge on any atom is -0.400 e. The molecule has 0 atom stereocenters. The number of amides is 1. The number of aliphatic hydroxyl groups is 1. The van der Waals surface area contributed by atoms with E-state index in [1.165, 1.54) is 4.90 Å². The summed E-state index contributed by atoms with van der Waals surface area (Å²) in [4.78, 5) is 14.1. The number of halogens is 3. The van der Waals surface area contributed by atoms with Gasteiger partial charge in [0.05, 0.1) is 12.2 Å². The topological polar surface area (TPSA) is 72.1 Å². The van der Waals surface area contributed by atoms with E-state index in [1.54, 1.807) is 24.8 Å². The normalized spacial score (nSPS) is 13.3.